The number of rotatable bonds is 4. The molecule has 0 amide bonds. The van der Waals surface area contributed by atoms with E-state index in [2.05, 4.69) is 25.6 Å². The second-order valence-corrected chi connectivity index (χ2v) is 8.11. The van der Waals surface area contributed by atoms with Crippen LogP contribution in [0, 0.1) is 6.92 Å². The minimum atomic E-state index is -0.509. The number of hydrogen-bond acceptors (Lipinski definition) is 7. The lowest BCUT2D eigenvalue weighted by Crippen LogP contribution is -2.29. The number of aryl methyl sites for hydroxylation is 1. The number of anilines is 1. The summed E-state index contributed by atoms with van der Waals surface area (Å²) in [7, 11) is 0. The maximum Gasteiger partial charge on any atom is 0.301 e. The Morgan fingerprint density at radius 1 is 0.806 bits per heavy atom. The number of hydrogen-bond donors (Lipinski definition) is 1. The number of nitrogens with zero attached hydrogens (tertiary/aromatic N) is 7. The van der Waals surface area contributed by atoms with Crippen molar-refractivity contribution in [2.45, 2.75) is 6.92 Å². The zero-order valence-corrected chi connectivity index (χ0v) is 19.3. The third-order valence-corrected chi connectivity index (χ3v) is 5.72. The normalized spacial score (nSPS) is 11.8. The summed E-state index contributed by atoms with van der Waals surface area (Å²) in [6.45, 7) is 1.72. The Hall–Kier alpha value is -5.18. The average Bonchev–Trinajstić information content (AvgIpc) is 3.26. The molecule has 9 heteroatoms. The van der Waals surface area contributed by atoms with Crippen molar-refractivity contribution in [1.29, 1.82) is 0 Å². The smallest absolute Gasteiger partial charge is 0.278 e. The monoisotopic (exact) mass is 472 g/mol. The first-order chi connectivity index (χ1) is 17.7. The zero-order chi connectivity index (χ0) is 24.5. The van der Waals surface area contributed by atoms with Gasteiger partial charge in [0.25, 0.3) is 0 Å². The van der Waals surface area contributed by atoms with E-state index in [1.165, 1.54) is 4.52 Å². The maximum absolute atomic E-state index is 13.3. The highest BCUT2D eigenvalue weighted by atomic mass is 16.1. The summed E-state index contributed by atoms with van der Waals surface area (Å²) < 4.78 is 3.26. The molecular formula is C27H20N8O. The fraction of sp³-hybridized carbons (Fsp3) is 0.0370. The van der Waals surface area contributed by atoms with Crippen molar-refractivity contribution in [3.63, 3.8) is 0 Å². The summed E-state index contributed by atoms with van der Waals surface area (Å²) in [4.78, 5) is 22.4. The van der Waals surface area contributed by atoms with E-state index in [-0.39, 0.29) is 5.36 Å². The molecule has 0 saturated carbocycles. The van der Waals surface area contributed by atoms with Crippen molar-refractivity contribution in [3.8, 4) is 16.9 Å². The highest BCUT2D eigenvalue weighted by Crippen LogP contribution is 2.30. The predicted molar refractivity (Wildman–Crippen MR) is 137 cm³/mol. The van der Waals surface area contributed by atoms with Crippen LogP contribution in [0.15, 0.2) is 107 Å². The molecule has 1 N–H and O–H groups in total. The molecule has 0 atom stereocenters. The predicted octanol–water partition coefficient (Wildman–Crippen LogP) is 3.73. The standard InChI is InChI=1S/C27H20N8O/c1-18-23(31-30-20-13-7-3-8-14-20)27(36)29-26-22-24(19-11-5-2-6-12-19)33-35(21-15-9-4-10-16-21)25(22)28-17-34(26)32-18/h2-17,30H,1H3/b31-23-. The largest absolute Gasteiger partial charge is 0.301 e. The first-order valence-corrected chi connectivity index (χ1v) is 11.3. The molecule has 0 spiro atoms. The SMILES string of the molecule is Cc1nn2cnc3c(c(-c4ccccc4)nn3-c3ccccc3)c2nc(=O)/c1=N\Nc1ccccc1. The molecule has 0 aliphatic carbocycles. The second kappa shape index (κ2) is 8.88. The molecule has 0 radical (unpaired) electrons. The fourth-order valence-corrected chi connectivity index (χ4v) is 4.02. The van der Waals surface area contributed by atoms with E-state index in [9.17, 15) is 4.79 Å². The molecule has 6 aromatic rings. The van der Waals surface area contributed by atoms with Gasteiger partial charge in [-0.3, -0.25) is 10.2 Å². The second-order valence-electron chi connectivity index (χ2n) is 8.11. The molecular weight excluding hydrogens is 452 g/mol. The van der Waals surface area contributed by atoms with Gasteiger partial charge >= 0.3 is 5.56 Å². The summed E-state index contributed by atoms with van der Waals surface area (Å²) >= 11 is 0. The number of benzene rings is 3. The van der Waals surface area contributed by atoms with Crippen molar-refractivity contribution in [2.75, 3.05) is 5.43 Å². The van der Waals surface area contributed by atoms with Gasteiger partial charge < -0.3 is 0 Å². The third kappa shape index (κ3) is 3.78. The Balaban J connectivity index is 1.66. The van der Waals surface area contributed by atoms with Crippen LogP contribution < -0.4 is 16.3 Å². The lowest BCUT2D eigenvalue weighted by molar-refractivity contribution is 0.857. The Bertz CT molecular complexity index is 1830. The molecule has 6 rings (SSSR count). The van der Waals surface area contributed by atoms with Crippen molar-refractivity contribution in [2.24, 2.45) is 5.10 Å². The number of para-hydroxylation sites is 2. The number of aromatic nitrogens is 6. The van der Waals surface area contributed by atoms with Gasteiger partial charge in [-0.25, -0.2) is 14.2 Å². The highest BCUT2D eigenvalue weighted by molar-refractivity contribution is 6.01. The Morgan fingerprint density at radius 3 is 2.19 bits per heavy atom. The van der Waals surface area contributed by atoms with Crippen LogP contribution in [0.4, 0.5) is 5.69 Å². The molecule has 3 heterocycles. The summed E-state index contributed by atoms with van der Waals surface area (Å²) in [6, 6.07) is 28.9. The number of nitrogens with one attached hydrogen (secondary N) is 1. The molecule has 36 heavy (non-hydrogen) atoms. The van der Waals surface area contributed by atoms with Crippen molar-refractivity contribution in [1.82, 2.24) is 29.4 Å². The van der Waals surface area contributed by atoms with Gasteiger partial charge in [-0.1, -0.05) is 66.7 Å². The molecule has 0 unspecified atom stereocenters. The zero-order valence-electron chi connectivity index (χ0n) is 19.3. The van der Waals surface area contributed by atoms with Gasteiger partial charge in [0.2, 0.25) is 0 Å². The van der Waals surface area contributed by atoms with Crippen LogP contribution in [0.25, 0.3) is 33.6 Å². The lowest BCUT2D eigenvalue weighted by Gasteiger charge is -2.02. The van der Waals surface area contributed by atoms with E-state index >= 15 is 0 Å². The molecule has 0 bridgehead atoms. The van der Waals surface area contributed by atoms with Gasteiger partial charge in [0.1, 0.15) is 12.0 Å². The van der Waals surface area contributed by atoms with Gasteiger partial charge in [-0.2, -0.15) is 20.3 Å². The van der Waals surface area contributed by atoms with Crippen LogP contribution in [0.1, 0.15) is 5.69 Å². The Kier molecular flexibility index (Phi) is 5.27. The Labute approximate surface area is 205 Å². The molecule has 3 aromatic carbocycles. The summed E-state index contributed by atoms with van der Waals surface area (Å²) in [5, 5.41) is 14.5. The van der Waals surface area contributed by atoms with E-state index in [1.54, 1.807) is 17.9 Å². The van der Waals surface area contributed by atoms with E-state index in [4.69, 9.17) is 5.10 Å². The van der Waals surface area contributed by atoms with Crippen molar-refractivity contribution >= 4 is 22.4 Å². The van der Waals surface area contributed by atoms with Gasteiger partial charge in [-0.05, 0) is 31.2 Å². The molecule has 174 valence electrons. The first-order valence-electron chi connectivity index (χ1n) is 11.3. The van der Waals surface area contributed by atoms with Gasteiger partial charge in [0.15, 0.2) is 16.7 Å². The van der Waals surface area contributed by atoms with Crippen molar-refractivity contribution < 1.29 is 0 Å². The summed E-state index contributed by atoms with van der Waals surface area (Å²) in [5.41, 5.74) is 6.85. The van der Waals surface area contributed by atoms with Crippen LogP contribution in [-0.2, 0) is 0 Å². The minimum absolute atomic E-state index is 0.118. The molecule has 0 aliphatic heterocycles. The first kappa shape index (κ1) is 21.4. The van der Waals surface area contributed by atoms with E-state index in [0.717, 1.165) is 16.9 Å². The molecule has 0 aliphatic rings. The fourth-order valence-electron chi connectivity index (χ4n) is 4.02. The van der Waals surface area contributed by atoms with Gasteiger partial charge in [0, 0.05) is 5.56 Å². The van der Waals surface area contributed by atoms with Crippen molar-refractivity contribution in [3.05, 3.63) is 119 Å². The topological polar surface area (TPSA) is 102 Å². The maximum atomic E-state index is 13.3. The van der Waals surface area contributed by atoms with Gasteiger partial charge in [-0.15, -0.1) is 0 Å². The van der Waals surface area contributed by atoms with Crippen LogP contribution in [-0.4, -0.2) is 29.4 Å². The Morgan fingerprint density at radius 2 is 1.47 bits per heavy atom. The van der Waals surface area contributed by atoms with Gasteiger partial charge in [0.05, 0.1) is 22.5 Å². The molecule has 0 saturated heterocycles. The molecule has 9 nitrogen and oxygen atoms in total. The molecule has 3 aromatic heterocycles. The third-order valence-electron chi connectivity index (χ3n) is 5.72. The van der Waals surface area contributed by atoms with Crippen LogP contribution in [0.2, 0.25) is 0 Å². The van der Waals surface area contributed by atoms with Crippen LogP contribution in [0.3, 0.4) is 0 Å². The highest BCUT2D eigenvalue weighted by Gasteiger charge is 2.19. The van der Waals surface area contributed by atoms with E-state index < -0.39 is 5.56 Å². The van der Waals surface area contributed by atoms with E-state index in [0.29, 0.717) is 28.1 Å². The quantitative estimate of drug-likeness (QED) is 0.392. The van der Waals surface area contributed by atoms with Crippen LogP contribution >= 0.6 is 0 Å². The molecule has 0 fully saturated rings. The minimum Gasteiger partial charge on any atom is -0.278 e. The summed E-state index contributed by atoms with van der Waals surface area (Å²) in [6.07, 6.45) is 1.54. The van der Waals surface area contributed by atoms with E-state index in [1.807, 2.05) is 91.0 Å². The average molecular weight is 473 g/mol. The lowest BCUT2D eigenvalue weighted by atomic mass is 10.1. The van der Waals surface area contributed by atoms with Crippen LogP contribution in [0.5, 0.6) is 0 Å². The number of fused-ring (bicyclic) bond motifs is 3. The summed E-state index contributed by atoms with van der Waals surface area (Å²) in [5.74, 6) is 0.